The Labute approximate surface area is 691 Å². The number of rotatable bonds is 40. The molecule has 6 amide bonds. The van der Waals surface area contributed by atoms with Gasteiger partial charge in [0, 0.05) is 91.1 Å². The van der Waals surface area contributed by atoms with Gasteiger partial charge in [0.1, 0.15) is 72.3 Å². The largest absolute Gasteiger partial charge is 0.497 e. The molecule has 8 aromatic rings. The van der Waals surface area contributed by atoms with Crippen LogP contribution in [0.3, 0.4) is 0 Å². The first kappa shape index (κ1) is 94.7. The lowest BCUT2D eigenvalue weighted by molar-refractivity contribution is -0.396. The number of carbonyl (C=O) groups is 7. The molecule has 0 spiro atoms. The van der Waals surface area contributed by atoms with Crippen molar-refractivity contribution in [3.63, 3.8) is 0 Å². The van der Waals surface area contributed by atoms with Crippen LogP contribution in [0.2, 0.25) is 0 Å². The lowest BCUT2D eigenvalue weighted by Gasteiger charge is -2.26. The molecule has 6 N–H and O–H groups in total. The Balaban J connectivity index is 0.000000285. The van der Waals surface area contributed by atoms with Gasteiger partial charge < -0.3 is 63.9 Å². The Hall–Kier alpha value is -15.2. The minimum absolute atomic E-state index is 0.103. The van der Waals surface area contributed by atoms with E-state index in [1.807, 2.05) is 36.4 Å². The summed E-state index contributed by atoms with van der Waals surface area (Å²) in [7, 11) is 4.64. The number of anilines is 2. The van der Waals surface area contributed by atoms with Crippen molar-refractivity contribution in [3.05, 3.63) is 281 Å². The number of nitrogens with one attached hydrogen (secondary N) is 6. The highest BCUT2D eigenvalue weighted by Gasteiger charge is 2.31. The van der Waals surface area contributed by atoms with Crippen LogP contribution < -0.4 is 46.1 Å². The fourth-order valence-electron chi connectivity index (χ4n) is 11.3. The van der Waals surface area contributed by atoms with Crippen LogP contribution in [-0.4, -0.2) is 120 Å². The molecule has 0 atom stereocenters. The predicted octanol–water partition coefficient (Wildman–Crippen LogP) is 16.3. The standard InChI is InChI=1S/C37H40N2O8.C22H24N6O12.C22H26N4O8/c1-36(2,27-17-26(23-40)18-31(19-27)43-5)46-34(41)38-29-12-8-24(9-13-29)16-25-10-14-30(15-11-25)39-35(42)47-37(3,4)28-20-32(44-6)22-33(21-28)45-7;29-21(39-13-15-17(25(31)32)7-5-8-18(15)26(33)34)23-11-3-1-2-4-12-24-22(30)40-14-16-19(27(35)36)9-6-10-20(16)28(37)38;27-21(33-15-17-9-3-5-11-19(17)25(29)30)23-13-7-1-2-8-14-24-22(28)34-16-18-10-4-6-12-20(18)26(31)32/h8-15,17-23H,16H2,1-7H3,(H,38,41)(H,39,42);5-10H,1-4,11-14H2,(H,23,29)(H,24,30);3-6,9-12H,1-2,7-8,13-16H2,(H,23,27)(H,24,28). The highest BCUT2D eigenvalue weighted by atomic mass is 16.7. The summed E-state index contributed by atoms with van der Waals surface area (Å²) < 4.78 is 47.2. The number of nitro groups is 6. The number of methoxy groups -OCH3 is 3. The summed E-state index contributed by atoms with van der Waals surface area (Å²) in [6.07, 6.45) is 2.32. The summed E-state index contributed by atoms with van der Waals surface area (Å²) in [5, 5.41) is 81.9. The van der Waals surface area contributed by atoms with Crippen LogP contribution in [0.25, 0.3) is 0 Å². The Morgan fingerprint density at radius 2 is 0.636 bits per heavy atom. The first-order valence-corrected chi connectivity index (χ1v) is 37.2. The van der Waals surface area contributed by atoms with Gasteiger partial charge in [-0.1, -0.05) is 74.2 Å². The molecule has 0 heterocycles. The van der Waals surface area contributed by atoms with Crippen molar-refractivity contribution in [2.24, 2.45) is 0 Å². The van der Waals surface area contributed by atoms with E-state index in [0.29, 0.717) is 109 Å². The monoisotopic (exact) mass is 1680 g/mol. The molecule has 0 bridgehead atoms. The first-order valence-electron chi connectivity index (χ1n) is 37.2. The maximum Gasteiger partial charge on any atom is 0.412 e. The predicted molar refractivity (Wildman–Crippen MR) is 435 cm³/mol. The molecule has 40 heteroatoms. The fraction of sp³-hybridized carbons (Fsp3) is 0.321. The molecule has 0 saturated carbocycles. The van der Waals surface area contributed by atoms with Gasteiger partial charge in [0.25, 0.3) is 34.1 Å². The van der Waals surface area contributed by atoms with Crippen LogP contribution in [0.15, 0.2) is 170 Å². The second kappa shape index (κ2) is 47.8. The number of unbranched alkanes of at least 4 members (excludes halogenated alkanes) is 6. The number of benzene rings is 8. The molecule has 0 radical (unpaired) electrons. The van der Waals surface area contributed by atoms with E-state index in [0.717, 1.165) is 72.2 Å². The van der Waals surface area contributed by atoms with E-state index in [4.69, 9.17) is 42.6 Å². The fourth-order valence-corrected chi connectivity index (χ4v) is 11.3. The second-order valence-corrected chi connectivity index (χ2v) is 27.0. The summed E-state index contributed by atoms with van der Waals surface area (Å²) in [6, 6.07) is 43.9. The maximum atomic E-state index is 12.7. The van der Waals surface area contributed by atoms with E-state index in [-0.39, 0.29) is 48.8 Å². The lowest BCUT2D eigenvalue weighted by Crippen LogP contribution is -2.28. The molecule has 0 unspecified atom stereocenters. The molecule has 0 aliphatic heterocycles. The summed E-state index contributed by atoms with van der Waals surface area (Å²) in [6.45, 7) is 6.53. The van der Waals surface area contributed by atoms with Crippen LogP contribution >= 0.6 is 0 Å². The van der Waals surface area contributed by atoms with Crippen LogP contribution in [0, 0.1) is 60.7 Å². The topological polar surface area (TPSA) is 534 Å². The van der Waals surface area contributed by atoms with E-state index < -0.39 is 113 Å². The number of aldehydes is 1. The van der Waals surface area contributed by atoms with Crippen molar-refractivity contribution < 1.29 is 106 Å². The molecule has 0 aromatic heterocycles. The van der Waals surface area contributed by atoms with E-state index >= 15 is 0 Å². The zero-order valence-electron chi connectivity index (χ0n) is 66.9. The van der Waals surface area contributed by atoms with Crippen LogP contribution in [-0.2, 0) is 72.5 Å². The van der Waals surface area contributed by atoms with Gasteiger partial charge in [0.05, 0.1) is 62.0 Å². The molecule has 0 saturated heterocycles. The number of para-hydroxylation sites is 2. The number of alkyl carbamates (subject to hydrolysis) is 4. The smallest absolute Gasteiger partial charge is 0.412 e. The zero-order valence-corrected chi connectivity index (χ0v) is 66.9. The van der Waals surface area contributed by atoms with Crippen molar-refractivity contribution in [2.45, 2.75) is 123 Å². The molecule has 8 rings (SSSR count). The summed E-state index contributed by atoms with van der Waals surface area (Å²) in [4.78, 5) is 146. The Morgan fingerprint density at radius 3 is 0.942 bits per heavy atom. The van der Waals surface area contributed by atoms with Crippen molar-refractivity contribution >= 4 is 88.3 Å². The number of ether oxygens (including phenoxy) is 9. The number of hydrogen-bond acceptors (Lipinski definition) is 28. The lowest BCUT2D eigenvalue weighted by atomic mass is 9.96. The van der Waals surface area contributed by atoms with Crippen LogP contribution in [0.4, 0.5) is 74.3 Å². The SMILES string of the molecule is COc1cc(C=O)cc(C(C)(C)OC(=O)Nc2ccc(Cc3ccc(NC(=O)OC(C)(C)c4cc(OC)cc(OC)c4)cc3)cc2)c1.O=C(NCCCCCCNC(=O)OCc1c([N+](=O)[O-])cccc1[N+](=O)[O-])OCc1c([N+](=O)[O-])cccc1[N+](=O)[O-].O=C(NCCCCCCNC(=O)OCc1ccccc1[N+](=O)[O-])OCc1ccccc1[N+](=O)[O-]. The maximum absolute atomic E-state index is 12.7. The number of nitro benzene ring substituents is 6. The van der Waals surface area contributed by atoms with Crippen molar-refractivity contribution in [3.8, 4) is 17.2 Å². The molecular weight excluding hydrogens is 1590 g/mol. The van der Waals surface area contributed by atoms with Crippen molar-refractivity contribution in [1.29, 1.82) is 0 Å². The Kier molecular flexibility index (Phi) is 37.4. The van der Waals surface area contributed by atoms with Crippen LogP contribution in [0.1, 0.15) is 134 Å². The highest BCUT2D eigenvalue weighted by Crippen LogP contribution is 2.35. The molecular formula is C81H90N12O28. The summed E-state index contributed by atoms with van der Waals surface area (Å²) in [5.74, 6) is 1.69. The number of hydrogen-bond donors (Lipinski definition) is 6. The van der Waals surface area contributed by atoms with Crippen molar-refractivity contribution in [2.75, 3.05) is 58.1 Å². The third-order valence-corrected chi connectivity index (χ3v) is 17.7. The second-order valence-electron chi connectivity index (χ2n) is 27.0. The third-order valence-electron chi connectivity index (χ3n) is 17.7. The third kappa shape index (κ3) is 31.8. The van der Waals surface area contributed by atoms with E-state index in [9.17, 15) is 94.2 Å². The number of carbonyl (C=O) groups excluding carboxylic acids is 7. The van der Waals surface area contributed by atoms with Gasteiger partial charge in [0.2, 0.25) is 0 Å². The molecule has 40 nitrogen and oxygen atoms in total. The van der Waals surface area contributed by atoms with Crippen LogP contribution in [0.5, 0.6) is 17.2 Å². The van der Waals surface area contributed by atoms with Gasteiger partial charge in [-0.3, -0.25) is 76.1 Å². The highest BCUT2D eigenvalue weighted by molar-refractivity contribution is 5.86. The van der Waals surface area contributed by atoms with Gasteiger partial charge in [-0.15, -0.1) is 0 Å². The van der Waals surface area contributed by atoms with Gasteiger partial charge in [-0.2, -0.15) is 0 Å². The Morgan fingerprint density at radius 1 is 0.347 bits per heavy atom. The number of nitrogens with zero attached hydrogens (tertiary/aromatic N) is 6. The normalized spacial score (nSPS) is 10.6. The van der Waals surface area contributed by atoms with E-state index in [2.05, 4.69) is 31.9 Å². The first-order chi connectivity index (χ1) is 57.7. The molecule has 0 aliphatic carbocycles. The van der Waals surface area contributed by atoms with Gasteiger partial charge in [-0.25, -0.2) is 28.8 Å². The average molecular weight is 1680 g/mol. The molecule has 0 aliphatic rings. The Bertz CT molecular complexity index is 4690. The van der Waals surface area contributed by atoms with Crippen molar-refractivity contribution in [1.82, 2.24) is 21.3 Å². The van der Waals surface area contributed by atoms with Gasteiger partial charge >= 0.3 is 36.6 Å². The molecule has 0 fully saturated rings. The minimum atomic E-state index is -1.02. The molecule has 121 heavy (non-hydrogen) atoms. The zero-order chi connectivity index (χ0) is 88.6. The van der Waals surface area contributed by atoms with E-state index in [1.54, 1.807) is 115 Å². The van der Waals surface area contributed by atoms with E-state index in [1.165, 1.54) is 31.4 Å². The molecule has 642 valence electrons. The average Bonchev–Trinajstić information content (AvgIpc) is 0.855. The quantitative estimate of drug-likeness (QED) is 0.00683. The number of amides is 6. The van der Waals surface area contributed by atoms with Gasteiger partial charge in [0.15, 0.2) is 0 Å². The minimum Gasteiger partial charge on any atom is -0.497 e. The summed E-state index contributed by atoms with van der Waals surface area (Å²) in [5.41, 5.74) is 0.625. The molecule has 8 aromatic carbocycles. The van der Waals surface area contributed by atoms with Gasteiger partial charge in [-0.05, 0) is 155 Å². The summed E-state index contributed by atoms with van der Waals surface area (Å²) >= 11 is 0.